The van der Waals surface area contributed by atoms with Gasteiger partial charge in [0, 0.05) is 5.56 Å². The van der Waals surface area contributed by atoms with E-state index in [9.17, 15) is 13.2 Å². The first kappa shape index (κ1) is 15.6. The summed E-state index contributed by atoms with van der Waals surface area (Å²) in [5, 5.41) is 0. The minimum absolute atomic E-state index is 0.108. The lowest BCUT2D eigenvalue weighted by Gasteiger charge is -1.90. The van der Waals surface area contributed by atoms with E-state index in [1.807, 2.05) is 13.0 Å². The number of primary amides is 1. The molecule has 1 aromatic carbocycles. The van der Waals surface area contributed by atoms with Crippen molar-refractivity contribution in [2.45, 2.75) is 19.8 Å². The van der Waals surface area contributed by atoms with Gasteiger partial charge in [0.15, 0.2) is 0 Å². The van der Waals surface area contributed by atoms with Gasteiger partial charge in [-0.05, 0) is 18.6 Å². The number of hydrogen-bond acceptors (Lipinski definition) is 3. The molecule has 0 heterocycles. The van der Waals surface area contributed by atoms with Crippen LogP contribution in [0.5, 0.6) is 0 Å². The smallest absolute Gasteiger partial charge is 0.264 e. The van der Waals surface area contributed by atoms with E-state index < -0.39 is 10.1 Å². The zero-order valence-electron chi connectivity index (χ0n) is 9.67. The summed E-state index contributed by atoms with van der Waals surface area (Å²) in [7, 11) is -3.69. The van der Waals surface area contributed by atoms with Gasteiger partial charge >= 0.3 is 0 Å². The monoisotopic (exact) mass is 259 g/mol. The van der Waals surface area contributed by atoms with Crippen LogP contribution < -0.4 is 5.73 Å². The van der Waals surface area contributed by atoms with Crippen molar-refractivity contribution in [2.24, 2.45) is 5.73 Å². The highest BCUT2D eigenvalue weighted by Gasteiger charge is 2.00. The van der Waals surface area contributed by atoms with Crippen LogP contribution in [-0.4, -0.2) is 24.6 Å². The van der Waals surface area contributed by atoms with Crippen LogP contribution in [0.25, 0.3) is 0 Å². The van der Waals surface area contributed by atoms with Gasteiger partial charge in [0.2, 0.25) is 5.91 Å². The zero-order chi connectivity index (χ0) is 13.3. The Kier molecular flexibility index (Phi) is 7.16. The molecule has 5 nitrogen and oxygen atoms in total. The fourth-order valence-corrected chi connectivity index (χ4v) is 1.58. The van der Waals surface area contributed by atoms with Gasteiger partial charge in [-0.15, -0.1) is 0 Å². The van der Waals surface area contributed by atoms with E-state index in [1.54, 1.807) is 24.3 Å². The molecular formula is C11H17NO4S. The van der Waals surface area contributed by atoms with Crippen LogP contribution in [0.3, 0.4) is 0 Å². The van der Waals surface area contributed by atoms with Gasteiger partial charge in [-0.25, -0.2) is 0 Å². The molecule has 17 heavy (non-hydrogen) atoms. The predicted molar refractivity (Wildman–Crippen MR) is 66.3 cm³/mol. The normalized spacial score (nSPS) is 10.2. The van der Waals surface area contributed by atoms with E-state index in [-0.39, 0.29) is 11.7 Å². The quantitative estimate of drug-likeness (QED) is 0.800. The van der Waals surface area contributed by atoms with Gasteiger partial charge in [-0.3, -0.25) is 9.35 Å². The summed E-state index contributed by atoms with van der Waals surface area (Å²) in [5.41, 5.74) is 5.53. The molecule has 96 valence electrons. The van der Waals surface area contributed by atoms with Crippen LogP contribution in [0.2, 0.25) is 0 Å². The summed E-state index contributed by atoms with van der Waals surface area (Å²) in [6, 6.07) is 8.76. The zero-order valence-corrected chi connectivity index (χ0v) is 10.5. The molecule has 1 amide bonds. The average Bonchev–Trinajstić information content (AvgIpc) is 2.27. The molecule has 0 radical (unpaired) electrons. The topological polar surface area (TPSA) is 97.5 Å². The standard InChI is InChI=1S/C7H7NO.C4H10O3S/c8-7(9)6-4-2-1-3-5-6;1-2-3-4-8(5,6)7/h1-5H,(H2,8,9);2-4H2,1H3,(H,5,6,7). The van der Waals surface area contributed by atoms with Crippen molar-refractivity contribution in [1.82, 2.24) is 0 Å². The second-order valence-electron chi connectivity index (χ2n) is 3.37. The fraction of sp³-hybridized carbons (Fsp3) is 0.364. The van der Waals surface area contributed by atoms with E-state index in [1.165, 1.54) is 0 Å². The minimum atomic E-state index is -3.69. The highest BCUT2D eigenvalue weighted by atomic mass is 32.2. The summed E-state index contributed by atoms with van der Waals surface area (Å²) >= 11 is 0. The largest absolute Gasteiger partial charge is 0.366 e. The maximum atomic E-state index is 10.4. The Morgan fingerprint density at radius 3 is 2.06 bits per heavy atom. The van der Waals surface area contributed by atoms with Crippen molar-refractivity contribution >= 4 is 16.0 Å². The number of benzene rings is 1. The van der Waals surface area contributed by atoms with E-state index in [4.69, 9.17) is 10.3 Å². The summed E-state index contributed by atoms with van der Waals surface area (Å²) in [6.45, 7) is 1.87. The molecule has 0 aliphatic carbocycles. The first-order valence-corrected chi connectivity index (χ1v) is 6.77. The molecule has 0 unspecified atom stereocenters. The van der Waals surface area contributed by atoms with Crippen molar-refractivity contribution in [1.29, 1.82) is 0 Å². The Morgan fingerprint density at radius 1 is 1.29 bits per heavy atom. The molecule has 1 aromatic rings. The third-order valence-corrected chi connectivity index (χ3v) is 2.62. The fourth-order valence-electron chi connectivity index (χ4n) is 0.929. The SMILES string of the molecule is CCCCS(=O)(=O)O.NC(=O)c1ccccc1. The van der Waals surface area contributed by atoms with Crippen molar-refractivity contribution < 1.29 is 17.8 Å². The number of rotatable bonds is 4. The van der Waals surface area contributed by atoms with Gasteiger partial charge in [0.1, 0.15) is 0 Å². The third-order valence-electron chi connectivity index (χ3n) is 1.81. The Morgan fingerprint density at radius 2 is 1.82 bits per heavy atom. The van der Waals surface area contributed by atoms with Crippen molar-refractivity contribution in [3.05, 3.63) is 35.9 Å². The molecular weight excluding hydrogens is 242 g/mol. The number of unbranched alkanes of at least 4 members (excludes halogenated alkanes) is 1. The average molecular weight is 259 g/mol. The first-order valence-electron chi connectivity index (χ1n) is 5.17. The van der Waals surface area contributed by atoms with E-state index >= 15 is 0 Å². The van der Waals surface area contributed by atoms with Crippen LogP contribution in [0.4, 0.5) is 0 Å². The lowest BCUT2D eigenvalue weighted by atomic mass is 10.2. The number of nitrogens with two attached hydrogens (primary N) is 1. The van der Waals surface area contributed by atoms with Crippen LogP contribution in [0, 0.1) is 0 Å². The summed E-state index contributed by atoms with van der Waals surface area (Å²) < 4.78 is 28.0. The number of hydrogen-bond donors (Lipinski definition) is 2. The number of amides is 1. The summed E-state index contributed by atoms with van der Waals surface area (Å²) in [4.78, 5) is 10.4. The third kappa shape index (κ3) is 9.52. The molecule has 0 fully saturated rings. The lowest BCUT2D eigenvalue weighted by molar-refractivity contribution is 0.100. The van der Waals surface area contributed by atoms with Gasteiger partial charge in [0.25, 0.3) is 10.1 Å². The van der Waals surface area contributed by atoms with Crippen molar-refractivity contribution in [3.63, 3.8) is 0 Å². The second kappa shape index (κ2) is 7.81. The molecule has 0 atom stereocenters. The molecule has 1 rings (SSSR count). The summed E-state index contributed by atoms with van der Waals surface area (Å²) in [5.74, 6) is -0.487. The minimum Gasteiger partial charge on any atom is -0.366 e. The van der Waals surface area contributed by atoms with Crippen LogP contribution in [0.15, 0.2) is 30.3 Å². The molecule has 0 aliphatic rings. The number of carbonyl (C=O) groups excluding carboxylic acids is 1. The van der Waals surface area contributed by atoms with Gasteiger partial charge in [-0.2, -0.15) is 8.42 Å². The summed E-state index contributed by atoms with van der Waals surface area (Å²) in [6.07, 6.45) is 1.33. The Labute approximate surface area is 101 Å². The van der Waals surface area contributed by atoms with Crippen LogP contribution in [-0.2, 0) is 10.1 Å². The second-order valence-corrected chi connectivity index (χ2v) is 4.94. The molecule has 6 heteroatoms. The Bertz CT molecular complexity index is 428. The molecule has 3 N–H and O–H groups in total. The molecule has 0 saturated carbocycles. The van der Waals surface area contributed by atoms with Gasteiger partial charge in [0.05, 0.1) is 5.75 Å². The first-order chi connectivity index (χ1) is 7.87. The van der Waals surface area contributed by atoms with Crippen molar-refractivity contribution in [2.75, 3.05) is 5.75 Å². The predicted octanol–water partition coefficient (Wildman–Crippen LogP) is 1.46. The lowest BCUT2D eigenvalue weighted by Crippen LogP contribution is -2.09. The highest BCUT2D eigenvalue weighted by molar-refractivity contribution is 7.85. The molecule has 0 spiro atoms. The maximum Gasteiger partial charge on any atom is 0.264 e. The van der Waals surface area contributed by atoms with E-state index in [0.717, 1.165) is 6.42 Å². The van der Waals surface area contributed by atoms with Crippen LogP contribution in [0.1, 0.15) is 30.1 Å². The molecule has 0 saturated heterocycles. The van der Waals surface area contributed by atoms with Crippen molar-refractivity contribution in [3.8, 4) is 0 Å². The molecule has 0 bridgehead atoms. The molecule has 0 aromatic heterocycles. The number of carbonyl (C=O) groups is 1. The van der Waals surface area contributed by atoms with E-state index in [0.29, 0.717) is 12.0 Å². The molecule has 0 aliphatic heterocycles. The Hall–Kier alpha value is -1.40. The highest BCUT2D eigenvalue weighted by Crippen LogP contribution is 1.94. The maximum absolute atomic E-state index is 10.4. The van der Waals surface area contributed by atoms with E-state index in [2.05, 4.69) is 0 Å². The Balaban J connectivity index is 0.000000304. The van der Waals surface area contributed by atoms with Gasteiger partial charge < -0.3 is 5.73 Å². The van der Waals surface area contributed by atoms with Gasteiger partial charge in [-0.1, -0.05) is 31.5 Å². The van der Waals surface area contributed by atoms with Crippen LogP contribution >= 0.6 is 0 Å².